The second-order valence-electron chi connectivity index (χ2n) is 4.14. The summed E-state index contributed by atoms with van der Waals surface area (Å²) in [4.78, 5) is 11.2. The zero-order chi connectivity index (χ0) is 14.8. The molecule has 0 aliphatic heterocycles. The molecule has 0 saturated heterocycles. The van der Waals surface area contributed by atoms with Crippen molar-refractivity contribution in [3.8, 4) is 0 Å². The van der Waals surface area contributed by atoms with Crippen LogP contribution in [0.2, 0.25) is 10.0 Å². The Kier molecular flexibility index (Phi) is 5.82. The van der Waals surface area contributed by atoms with Crippen molar-refractivity contribution in [1.82, 2.24) is 4.72 Å². The Hall–Kier alpha value is -0.140. The summed E-state index contributed by atoms with van der Waals surface area (Å²) in [6.45, 7) is 3.09. The van der Waals surface area contributed by atoms with Crippen LogP contribution in [0.3, 0.4) is 0 Å². The fourth-order valence-electron chi connectivity index (χ4n) is 1.23. The minimum Gasteiger partial charge on any atom is -0.298 e. The number of hydrogen-bond donors (Lipinski definition) is 1. The van der Waals surface area contributed by atoms with E-state index in [4.69, 9.17) is 23.2 Å². The maximum absolute atomic E-state index is 12.1. The Labute approximate surface area is 130 Å². The number of hydrogen-bond acceptors (Lipinski definition) is 3. The Balaban J connectivity index is 3.05. The van der Waals surface area contributed by atoms with Crippen LogP contribution in [0.5, 0.6) is 0 Å². The molecule has 1 aromatic carbocycles. The first-order valence-electron chi connectivity index (χ1n) is 5.32. The van der Waals surface area contributed by atoms with Gasteiger partial charge in [0, 0.05) is 10.4 Å². The molecule has 0 radical (unpaired) electrons. The summed E-state index contributed by atoms with van der Waals surface area (Å²) < 4.78 is 26.9. The Morgan fingerprint density at radius 3 is 2.21 bits per heavy atom. The molecule has 0 atom stereocenters. The summed E-state index contributed by atoms with van der Waals surface area (Å²) in [5.74, 6) is -0.466. The molecule has 0 heterocycles. The lowest BCUT2D eigenvalue weighted by Crippen LogP contribution is -2.32. The van der Waals surface area contributed by atoms with Gasteiger partial charge >= 0.3 is 0 Å². The van der Waals surface area contributed by atoms with Crippen LogP contribution in [0, 0.1) is 5.92 Å². The molecule has 1 aromatic rings. The second kappa shape index (κ2) is 6.54. The molecular formula is C11H12BrCl2NO3S. The number of benzene rings is 1. The zero-order valence-corrected chi connectivity index (χ0v) is 14.1. The molecule has 0 aromatic heterocycles. The van der Waals surface area contributed by atoms with Gasteiger partial charge in [-0.05, 0) is 12.1 Å². The molecule has 0 unspecified atom stereocenters. The van der Waals surface area contributed by atoms with Gasteiger partial charge in [0.25, 0.3) is 0 Å². The molecule has 19 heavy (non-hydrogen) atoms. The monoisotopic (exact) mass is 387 g/mol. The predicted molar refractivity (Wildman–Crippen MR) is 79.2 cm³/mol. The zero-order valence-electron chi connectivity index (χ0n) is 10.2. The van der Waals surface area contributed by atoms with Crippen molar-refractivity contribution < 1.29 is 13.2 Å². The van der Waals surface area contributed by atoms with Crippen molar-refractivity contribution in [2.24, 2.45) is 5.92 Å². The minimum atomic E-state index is -3.92. The Morgan fingerprint density at radius 1 is 1.32 bits per heavy atom. The summed E-state index contributed by atoms with van der Waals surface area (Å²) in [5.41, 5.74) is 0. The highest BCUT2D eigenvalue weighted by Crippen LogP contribution is 2.32. The number of halogens is 3. The predicted octanol–water partition coefficient (Wildman–Crippen LogP) is 3.26. The highest BCUT2D eigenvalue weighted by molar-refractivity contribution is 9.10. The highest BCUT2D eigenvalue weighted by atomic mass is 79.9. The molecule has 0 amide bonds. The lowest BCUT2D eigenvalue weighted by molar-refractivity contribution is -0.120. The Morgan fingerprint density at radius 2 is 1.79 bits per heavy atom. The smallest absolute Gasteiger partial charge is 0.243 e. The topological polar surface area (TPSA) is 63.2 Å². The van der Waals surface area contributed by atoms with Crippen LogP contribution in [-0.4, -0.2) is 20.7 Å². The van der Waals surface area contributed by atoms with Crippen molar-refractivity contribution in [3.63, 3.8) is 0 Å². The van der Waals surface area contributed by atoms with Crippen molar-refractivity contribution in [1.29, 1.82) is 0 Å². The third kappa shape index (κ3) is 4.43. The number of rotatable bonds is 5. The molecule has 0 aliphatic carbocycles. The van der Waals surface area contributed by atoms with Crippen molar-refractivity contribution >= 4 is 54.9 Å². The lowest BCUT2D eigenvalue weighted by Gasteiger charge is -2.11. The first-order valence-corrected chi connectivity index (χ1v) is 8.35. The first-order chi connectivity index (χ1) is 8.65. The van der Waals surface area contributed by atoms with Crippen molar-refractivity contribution in [2.45, 2.75) is 18.7 Å². The van der Waals surface area contributed by atoms with E-state index < -0.39 is 10.0 Å². The summed E-state index contributed by atoms with van der Waals surface area (Å²) in [6.07, 6.45) is 0. The van der Waals surface area contributed by atoms with Crippen LogP contribution in [-0.2, 0) is 14.8 Å². The van der Waals surface area contributed by atoms with Gasteiger partial charge in [-0.2, -0.15) is 0 Å². The molecule has 1 N–H and O–H groups in total. The van der Waals surface area contributed by atoms with Crippen LogP contribution in [0.1, 0.15) is 13.8 Å². The molecule has 0 spiro atoms. The molecule has 0 bridgehead atoms. The van der Waals surface area contributed by atoms with Gasteiger partial charge in [0.1, 0.15) is 10.7 Å². The van der Waals surface area contributed by atoms with Crippen molar-refractivity contribution in [3.05, 3.63) is 26.7 Å². The van der Waals surface area contributed by atoms with Crippen LogP contribution in [0.15, 0.2) is 21.5 Å². The number of ketones is 1. The SMILES string of the molecule is CC(C)C(=O)CNS(=O)(=O)c1c(Cl)cc(Br)cc1Cl. The average molecular weight is 389 g/mol. The van der Waals surface area contributed by atoms with Crippen LogP contribution >= 0.6 is 39.1 Å². The molecule has 1 rings (SSSR count). The number of carbonyl (C=O) groups excluding carboxylic acids is 1. The molecule has 0 saturated carbocycles. The van der Waals surface area contributed by atoms with E-state index in [1.165, 1.54) is 12.1 Å². The highest BCUT2D eigenvalue weighted by Gasteiger charge is 2.23. The Bertz CT molecular complexity index is 579. The maximum Gasteiger partial charge on any atom is 0.243 e. The van der Waals surface area contributed by atoms with E-state index in [0.29, 0.717) is 4.47 Å². The van der Waals surface area contributed by atoms with E-state index in [0.717, 1.165) is 0 Å². The van der Waals surface area contributed by atoms with Gasteiger partial charge in [-0.3, -0.25) is 4.79 Å². The van der Waals surface area contributed by atoms with E-state index >= 15 is 0 Å². The van der Waals surface area contributed by atoms with Gasteiger partial charge < -0.3 is 0 Å². The van der Waals surface area contributed by atoms with Gasteiger partial charge in [-0.1, -0.05) is 53.0 Å². The van der Waals surface area contributed by atoms with Crippen LogP contribution in [0.4, 0.5) is 0 Å². The number of Topliss-reactive ketones (excluding diaryl/α,β-unsaturated/α-hetero) is 1. The third-order valence-corrected chi connectivity index (χ3v) is 5.09. The van der Waals surface area contributed by atoms with E-state index in [-0.39, 0.29) is 33.2 Å². The number of sulfonamides is 1. The van der Waals surface area contributed by atoms with Crippen molar-refractivity contribution in [2.75, 3.05) is 6.54 Å². The summed E-state index contributed by atoms with van der Waals surface area (Å²) in [5, 5.41) is -0.0206. The lowest BCUT2D eigenvalue weighted by atomic mass is 10.1. The molecule has 0 aliphatic rings. The molecule has 4 nitrogen and oxygen atoms in total. The fourth-order valence-corrected chi connectivity index (χ4v) is 4.15. The second-order valence-corrected chi connectivity index (χ2v) is 7.58. The van der Waals surface area contributed by atoms with Gasteiger partial charge in [0.15, 0.2) is 0 Å². The molecule has 0 fully saturated rings. The molecular weight excluding hydrogens is 377 g/mol. The number of carbonyl (C=O) groups is 1. The van der Waals surface area contributed by atoms with E-state index in [1.807, 2.05) is 0 Å². The van der Waals surface area contributed by atoms with E-state index in [9.17, 15) is 13.2 Å². The largest absolute Gasteiger partial charge is 0.298 e. The van der Waals surface area contributed by atoms with Gasteiger partial charge in [0.2, 0.25) is 10.0 Å². The third-order valence-electron chi connectivity index (χ3n) is 2.31. The summed E-state index contributed by atoms with van der Waals surface area (Å²) in [6, 6.07) is 2.85. The normalized spacial score (nSPS) is 11.9. The van der Waals surface area contributed by atoms with Crippen LogP contribution < -0.4 is 4.72 Å². The minimum absolute atomic E-state index is 0.0103. The maximum atomic E-state index is 12.1. The van der Waals surface area contributed by atoms with Gasteiger partial charge in [0.05, 0.1) is 16.6 Å². The quantitative estimate of drug-likeness (QED) is 0.841. The van der Waals surface area contributed by atoms with E-state index in [1.54, 1.807) is 13.8 Å². The average Bonchev–Trinajstić information content (AvgIpc) is 2.23. The fraction of sp³-hybridized carbons (Fsp3) is 0.364. The van der Waals surface area contributed by atoms with Gasteiger partial charge in [-0.25, -0.2) is 13.1 Å². The molecule has 8 heteroatoms. The van der Waals surface area contributed by atoms with Crippen LogP contribution in [0.25, 0.3) is 0 Å². The summed E-state index contributed by atoms with van der Waals surface area (Å²) >= 11 is 14.9. The number of nitrogens with one attached hydrogen (secondary N) is 1. The standard InChI is InChI=1S/C11H12BrCl2NO3S/c1-6(2)10(16)5-15-19(17,18)11-8(13)3-7(12)4-9(11)14/h3-4,6,15H,5H2,1-2H3. The first kappa shape index (κ1) is 16.9. The van der Waals surface area contributed by atoms with Gasteiger partial charge in [-0.15, -0.1) is 0 Å². The summed E-state index contributed by atoms with van der Waals surface area (Å²) in [7, 11) is -3.92. The molecule has 106 valence electrons. The van der Waals surface area contributed by atoms with E-state index in [2.05, 4.69) is 20.7 Å².